The molecule has 4 N–H and O–H groups in total. The van der Waals surface area contributed by atoms with Crippen LogP contribution in [0.15, 0.2) is 0 Å². The SMILES string of the molecule is NCC1(C(=O)N2CCCC2C(N)=O)CCC1. The largest absolute Gasteiger partial charge is 0.368 e. The molecular formula is C11H19N3O2. The second-order valence-corrected chi connectivity index (χ2v) is 4.90. The first-order valence-corrected chi connectivity index (χ1v) is 5.91. The van der Waals surface area contributed by atoms with Gasteiger partial charge in [0.25, 0.3) is 0 Å². The lowest BCUT2D eigenvalue weighted by Gasteiger charge is -2.42. The zero-order chi connectivity index (χ0) is 11.8. The third-order valence-corrected chi connectivity index (χ3v) is 4.00. The molecule has 1 saturated heterocycles. The van der Waals surface area contributed by atoms with Gasteiger partial charge in [-0.3, -0.25) is 9.59 Å². The molecule has 1 unspecified atom stereocenters. The van der Waals surface area contributed by atoms with Crippen molar-refractivity contribution in [2.24, 2.45) is 16.9 Å². The lowest BCUT2D eigenvalue weighted by Crippen LogP contribution is -2.55. The summed E-state index contributed by atoms with van der Waals surface area (Å²) in [5, 5.41) is 0. The minimum atomic E-state index is -0.406. The molecule has 2 aliphatic rings. The van der Waals surface area contributed by atoms with Crippen molar-refractivity contribution in [2.75, 3.05) is 13.1 Å². The van der Waals surface area contributed by atoms with Crippen molar-refractivity contribution in [2.45, 2.75) is 38.1 Å². The van der Waals surface area contributed by atoms with Crippen LogP contribution in [0.2, 0.25) is 0 Å². The molecule has 0 aromatic carbocycles. The van der Waals surface area contributed by atoms with Gasteiger partial charge < -0.3 is 16.4 Å². The summed E-state index contributed by atoms with van der Waals surface area (Å²) in [7, 11) is 0. The number of nitrogens with zero attached hydrogens (tertiary/aromatic N) is 1. The molecule has 16 heavy (non-hydrogen) atoms. The zero-order valence-electron chi connectivity index (χ0n) is 9.45. The quantitative estimate of drug-likeness (QED) is 0.684. The van der Waals surface area contributed by atoms with Crippen LogP contribution in [0.25, 0.3) is 0 Å². The van der Waals surface area contributed by atoms with E-state index in [4.69, 9.17) is 11.5 Å². The first-order valence-electron chi connectivity index (χ1n) is 5.91. The fourth-order valence-electron chi connectivity index (χ4n) is 2.72. The second-order valence-electron chi connectivity index (χ2n) is 4.90. The van der Waals surface area contributed by atoms with Gasteiger partial charge in [0.2, 0.25) is 11.8 Å². The maximum absolute atomic E-state index is 12.3. The summed E-state index contributed by atoms with van der Waals surface area (Å²) in [6.07, 6.45) is 4.31. The third-order valence-electron chi connectivity index (χ3n) is 4.00. The number of hydrogen-bond acceptors (Lipinski definition) is 3. The molecule has 90 valence electrons. The summed E-state index contributed by atoms with van der Waals surface area (Å²) in [5.74, 6) is -0.347. The van der Waals surface area contributed by atoms with Gasteiger partial charge in [-0.1, -0.05) is 6.42 Å². The average Bonchev–Trinajstić information content (AvgIpc) is 2.64. The lowest BCUT2D eigenvalue weighted by atomic mass is 9.67. The highest BCUT2D eigenvalue weighted by Crippen LogP contribution is 2.42. The Morgan fingerprint density at radius 2 is 2.00 bits per heavy atom. The number of carbonyl (C=O) groups excluding carboxylic acids is 2. The second kappa shape index (κ2) is 4.05. The van der Waals surface area contributed by atoms with Crippen molar-refractivity contribution in [1.82, 2.24) is 4.90 Å². The highest BCUT2D eigenvalue weighted by molar-refractivity contribution is 5.90. The minimum Gasteiger partial charge on any atom is -0.368 e. The molecule has 2 fully saturated rings. The first-order chi connectivity index (χ1) is 7.60. The van der Waals surface area contributed by atoms with Crippen LogP contribution in [0.5, 0.6) is 0 Å². The number of carbonyl (C=O) groups is 2. The summed E-state index contributed by atoms with van der Waals surface area (Å²) >= 11 is 0. The van der Waals surface area contributed by atoms with E-state index in [0.717, 1.165) is 25.7 Å². The smallest absolute Gasteiger partial charge is 0.240 e. The molecule has 0 radical (unpaired) electrons. The van der Waals surface area contributed by atoms with Crippen LogP contribution in [-0.4, -0.2) is 35.8 Å². The van der Waals surface area contributed by atoms with Crippen LogP contribution in [0.3, 0.4) is 0 Å². The molecule has 0 aromatic rings. The van der Waals surface area contributed by atoms with Crippen LogP contribution in [0, 0.1) is 5.41 Å². The van der Waals surface area contributed by atoms with Crippen molar-refractivity contribution in [3.05, 3.63) is 0 Å². The van der Waals surface area contributed by atoms with Gasteiger partial charge in [0.1, 0.15) is 6.04 Å². The molecule has 1 atom stereocenters. The standard InChI is InChI=1S/C11H19N3O2/c12-7-11(4-2-5-11)10(16)14-6-1-3-8(14)9(13)15/h8H,1-7,12H2,(H2,13,15). The van der Waals surface area contributed by atoms with Crippen molar-refractivity contribution in [3.63, 3.8) is 0 Å². The number of amides is 2. The van der Waals surface area contributed by atoms with E-state index < -0.39 is 17.4 Å². The topological polar surface area (TPSA) is 89.4 Å². The Morgan fingerprint density at radius 1 is 1.31 bits per heavy atom. The minimum absolute atomic E-state index is 0.0440. The maximum atomic E-state index is 12.3. The third kappa shape index (κ3) is 1.59. The van der Waals surface area contributed by atoms with Gasteiger partial charge in [0.15, 0.2) is 0 Å². The van der Waals surface area contributed by atoms with Crippen LogP contribution >= 0.6 is 0 Å². The van der Waals surface area contributed by atoms with Crippen molar-refractivity contribution in [3.8, 4) is 0 Å². The van der Waals surface area contributed by atoms with E-state index in [1.807, 2.05) is 0 Å². The summed E-state index contributed by atoms with van der Waals surface area (Å²) in [4.78, 5) is 25.2. The molecule has 1 aliphatic heterocycles. The Morgan fingerprint density at radius 3 is 2.44 bits per heavy atom. The average molecular weight is 225 g/mol. The monoisotopic (exact) mass is 225 g/mol. The van der Waals surface area contributed by atoms with Crippen LogP contribution in [-0.2, 0) is 9.59 Å². The highest BCUT2D eigenvalue weighted by atomic mass is 16.2. The van der Waals surface area contributed by atoms with Gasteiger partial charge in [-0.2, -0.15) is 0 Å². The van der Waals surface area contributed by atoms with E-state index in [2.05, 4.69) is 0 Å². The van der Waals surface area contributed by atoms with Gasteiger partial charge in [0, 0.05) is 13.1 Å². The van der Waals surface area contributed by atoms with Gasteiger partial charge in [-0.15, -0.1) is 0 Å². The molecular weight excluding hydrogens is 206 g/mol. The summed E-state index contributed by atoms with van der Waals surface area (Å²) < 4.78 is 0. The summed E-state index contributed by atoms with van der Waals surface area (Å²) in [5.41, 5.74) is 10.6. The van der Waals surface area contributed by atoms with Crippen molar-refractivity contribution >= 4 is 11.8 Å². The molecule has 2 rings (SSSR count). The van der Waals surface area contributed by atoms with E-state index >= 15 is 0 Å². The van der Waals surface area contributed by atoms with Crippen molar-refractivity contribution in [1.29, 1.82) is 0 Å². The zero-order valence-corrected chi connectivity index (χ0v) is 9.45. The molecule has 5 heteroatoms. The number of primary amides is 1. The van der Waals surface area contributed by atoms with E-state index in [1.165, 1.54) is 0 Å². The molecule has 0 spiro atoms. The number of likely N-dealkylation sites (tertiary alicyclic amines) is 1. The predicted molar refractivity (Wildman–Crippen MR) is 59.3 cm³/mol. The Labute approximate surface area is 95.1 Å². The van der Waals surface area contributed by atoms with E-state index in [9.17, 15) is 9.59 Å². The molecule has 1 saturated carbocycles. The molecule has 1 heterocycles. The normalized spacial score (nSPS) is 27.6. The molecule has 2 amide bonds. The highest BCUT2D eigenvalue weighted by Gasteiger charge is 2.48. The van der Waals surface area contributed by atoms with Gasteiger partial charge in [0.05, 0.1) is 5.41 Å². The molecule has 5 nitrogen and oxygen atoms in total. The number of hydrogen-bond donors (Lipinski definition) is 2. The maximum Gasteiger partial charge on any atom is 0.240 e. The lowest BCUT2D eigenvalue weighted by molar-refractivity contribution is -0.150. The number of nitrogens with two attached hydrogens (primary N) is 2. The van der Waals surface area contributed by atoms with Gasteiger partial charge in [-0.05, 0) is 25.7 Å². The summed E-state index contributed by atoms with van der Waals surface area (Å²) in [6, 6.07) is -0.406. The Balaban J connectivity index is 2.12. The molecule has 1 aliphatic carbocycles. The first kappa shape index (κ1) is 11.4. The fourth-order valence-corrected chi connectivity index (χ4v) is 2.72. The predicted octanol–water partition coefficient (Wildman–Crippen LogP) is -0.408. The Kier molecular flexibility index (Phi) is 2.88. The van der Waals surface area contributed by atoms with E-state index in [0.29, 0.717) is 19.5 Å². The van der Waals surface area contributed by atoms with Gasteiger partial charge in [-0.25, -0.2) is 0 Å². The summed E-state index contributed by atoms with van der Waals surface area (Å²) in [6.45, 7) is 1.03. The Hall–Kier alpha value is -1.10. The van der Waals surface area contributed by atoms with Crippen LogP contribution in [0.1, 0.15) is 32.1 Å². The Bertz CT molecular complexity index is 307. The van der Waals surface area contributed by atoms with Crippen LogP contribution < -0.4 is 11.5 Å². The van der Waals surface area contributed by atoms with Crippen LogP contribution in [0.4, 0.5) is 0 Å². The fraction of sp³-hybridized carbons (Fsp3) is 0.818. The van der Waals surface area contributed by atoms with Gasteiger partial charge >= 0.3 is 0 Å². The van der Waals surface area contributed by atoms with E-state index in [1.54, 1.807) is 4.90 Å². The number of rotatable bonds is 3. The van der Waals surface area contributed by atoms with E-state index in [-0.39, 0.29) is 5.91 Å². The van der Waals surface area contributed by atoms with Crippen molar-refractivity contribution < 1.29 is 9.59 Å². The molecule has 0 aromatic heterocycles. The molecule has 0 bridgehead atoms.